The number of thiazole rings is 1. The molecule has 0 bridgehead atoms. The maximum atomic E-state index is 12.8. The molecule has 4 rings (SSSR count). The number of halogens is 2. The lowest BCUT2D eigenvalue weighted by molar-refractivity contribution is 0.102. The van der Waals surface area contributed by atoms with Crippen molar-refractivity contribution < 1.29 is 9.32 Å². The first-order valence-electron chi connectivity index (χ1n) is 7.76. The highest BCUT2D eigenvalue weighted by atomic mass is 35.5. The van der Waals surface area contributed by atoms with Gasteiger partial charge in [0.2, 0.25) is 0 Å². The lowest BCUT2D eigenvalue weighted by Crippen LogP contribution is -2.13. The molecule has 0 saturated carbocycles. The number of nitrogens with zero attached hydrogens (tertiary/aromatic N) is 2. The number of amides is 1. The number of nitrogens with one attached hydrogen (secondary N) is 1. The van der Waals surface area contributed by atoms with E-state index in [4.69, 9.17) is 27.7 Å². The lowest BCUT2D eigenvalue weighted by atomic mass is 10.1. The summed E-state index contributed by atoms with van der Waals surface area (Å²) in [6, 6.07) is 11.2. The largest absolute Gasteiger partial charge is 0.360 e. The van der Waals surface area contributed by atoms with Gasteiger partial charge >= 0.3 is 0 Å². The third kappa shape index (κ3) is 3.64. The van der Waals surface area contributed by atoms with Crippen LogP contribution in [0.2, 0.25) is 8.67 Å². The van der Waals surface area contributed by atoms with Crippen molar-refractivity contribution in [3.8, 4) is 22.5 Å². The smallest absolute Gasteiger partial charge is 0.263 e. The highest BCUT2D eigenvalue weighted by Gasteiger charge is 2.22. The van der Waals surface area contributed by atoms with Crippen molar-refractivity contribution in [2.75, 3.05) is 5.32 Å². The monoisotopic (exact) mass is 435 g/mol. The number of anilines is 1. The Kier molecular flexibility index (Phi) is 5.01. The Morgan fingerprint density at radius 2 is 2.00 bits per heavy atom. The molecule has 0 aliphatic rings. The quantitative estimate of drug-likeness (QED) is 0.402. The van der Waals surface area contributed by atoms with Gasteiger partial charge in [0.1, 0.15) is 21.4 Å². The van der Waals surface area contributed by atoms with E-state index in [1.807, 2.05) is 35.7 Å². The summed E-state index contributed by atoms with van der Waals surface area (Å²) in [5.41, 5.74) is 3.09. The zero-order valence-corrected chi connectivity index (χ0v) is 17.0. The second kappa shape index (κ2) is 7.44. The highest BCUT2D eigenvalue weighted by Crippen LogP contribution is 2.39. The number of carbonyl (C=O) groups is 1. The molecule has 0 spiro atoms. The molecule has 0 radical (unpaired) electrons. The minimum atomic E-state index is -0.331. The maximum Gasteiger partial charge on any atom is 0.263 e. The van der Waals surface area contributed by atoms with E-state index in [9.17, 15) is 4.79 Å². The summed E-state index contributed by atoms with van der Waals surface area (Å²) in [5.74, 6) is 0.110. The standard InChI is InChI=1S/C18H11Cl2N3O2S2/c1-9-14(15(23-25-9)10-5-3-2-4-6-10)17(24)22-18-21-12(8-26-18)11-7-13(19)27-16(11)20/h2-8H,1H3,(H,21,22,24). The fourth-order valence-electron chi connectivity index (χ4n) is 2.56. The van der Waals surface area contributed by atoms with E-state index < -0.39 is 0 Å². The summed E-state index contributed by atoms with van der Waals surface area (Å²) >= 11 is 14.7. The summed E-state index contributed by atoms with van der Waals surface area (Å²) in [7, 11) is 0. The van der Waals surface area contributed by atoms with Crippen molar-refractivity contribution in [3.63, 3.8) is 0 Å². The van der Waals surface area contributed by atoms with Crippen LogP contribution in [0.4, 0.5) is 5.13 Å². The molecule has 1 N–H and O–H groups in total. The van der Waals surface area contributed by atoms with Crippen LogP contribution in [0.5, 0.6) is 0 Å². The van der Waals surface area contributed by atoms with Crippen LogP contribution in [0.3, 0.4) is 0 Å². The zero-order valence-electron chi connectivity index (χ0n) is 13.8. The number of carbonyl (C=O) groups excluding carboxylic acids is 1. The molecule has 3 aromatic heterocycles. The van der Waals surface area contributed by atoms with Crippen LogP contribution in [0.1, 0.15) is 16.1 Å². The summed E-state index contributed by atoms with van der Waals surface area (Å²) in [6.45, 7) is 1.70. The van der Waals surface area contributed by atoms with Gasteiger partial charge in [0.05, 0.1) is 10.0 Å². The Morgan fingerprint density at radius 1 is 1.22 bits per heavy atom. The van der Waals surface area contributed by atoms with Crippen LogP contribution < -0.4 is 5.32 Å². The second-order valence-corrected chi connectivity index (χ2v) is 8.70. The van der Waals surface area contributed by atoms with Gasteiger partial charge in [0.25, 0.3) is 5.91 Å². The number of thiophene rings is 1. The van der Waals surface area contributed by atoms with Gasteiger partial charge in [-0.3, -0.25) is 10.1 Å². The molecule has 0 saturated heterocycles. The molecule has 0 atom stereocenters. The average Bonchev–Trinajstić information content (AvgIpc) is 3.34. The van der Waals surface area contributed by atoms with Crippen molar-refractivity contribution in [1.29, 1.82) is 0 Å². The van der Waals surface area contributed by atoms with E-state index in [0.717, 1.165) is 11.1 Å². The van der Waals surface area contributed by atoms with E-state index in [1.54, 1.807) is 13.0 Å². The number of aromatic nitrogens is 2. The van der Waals surface area contributed by atoms with Gasteiger partial charge in [-0.2, -0.15) is 0 Å². The molecule has 4 aromatic rings. The third-order valence-electron chi connectivity index (χ3n) is 3.79. The van der Waals surface area contributed by atoms with Crippen molar-refractivity contribution in [1.82, 2.24) is 10.1 Å². The van der Waals surface area contributed by atoms with Gasteiger partial charge in [0, 0.05) is 16.5 Å². The summed E-state index contributed by atoms with van der Waals surface area (Å²) in [5, 5.41) is 9.11. The maximum absolute atomic E-state index is 12.8. The minimum absolute atomic E-state index is 0.331. The Balaban J connectivity index is 1.61. The first kappa shape index (κ1) is 18.2. The molecule has 0 aliphatic heterocycles. The third-order valence-corrected chi connectivity index (χ3v) is 6.04. The molecule has 1 amide bonds. The van der Waals surface area contributed by atoms with Gasteiger partial charge < -0.3 is 4.52 Å². The van der Waals surface area contributed by atoms with Crippen LogP contribution in [0, 0.1) is 6.92 Å². The van der Waals surface area contributed by atoms with Crippen LogP contribution in [0.25, 0.3) is 22.5 Å². The van der Waals surface area contributed by atoms with Gasteiger partial charge in [-0.1, -0.05) is 58.7 Å². The number of benzene rings is 1. The van der Waals surface area contributed by atoms with Crippen molar-refractivity contribution in [2.45, 2.75) is 6.92 Å². The number of hydrogen-bond donors (Lipinski definition) is 1. The highest BCUT2D eigenvalue weighted by molar-refractivity contribution is 7.20. The molecule has 1 aromatic carbocycles. The SMILES string of the molecule is Cc1onc(-c2ccccc2)c1C(=O)Nc1nc(-c2cc(Cl)sc2Cl)cs1. The summed E-state index contributed by atoms with van der Waals surface area (Å²) < 4.78 is 6.39. The average molecular weight is 436 g/mol. The van der Waals surface area contributed by atoms with Crippen LogP contribution >= 0.6 is 45.9 Å². The van der Waals surface area contributed by atoms with E-state index in [-0.39, 0.29) is 5.91 Å². The molecule has 5 nitrogen and oxygen atoms in total. The molecule has 3 heterocycles. The fraction of sp³-hybridized carbons (Fsp3) is 0.0556. The predicted octanol–water partition coefficient (Wildman–Crippen LogP) is 6.39. The number of aryl methyl sites for hydroxylation is 1. The Morgan fingerprint density at radius 3 is 2.70 bits per heavy atom. The van der Waals surface area contributed by atoms with E-state index in [2.05, 4.69) is 15.5 Å². The molecule has 9 heteroatoms. The van der Waals surface area contributed by atoms with E-state index in [0.29, 0.717) is 36.5 Å². The van der Waals surface area contributed by atoms with Crippen LogP contribution in [-0.2, 0) is 0 Å². The first-order chi connectivity index (χ1) is 13.0. The fourth-order valence-corrected chi connectivity index (χ4v) is 4.75. The number of hydrogen-bond acceptors (Lipinski definition) is 6. The van der Waals surface area contributed by atoms with Crippen molar-refractivity contribution in [2.24, 2.45) is 0 Å². The molecular weight excluding hydrogens is 425 g/mol. The normalized spacial score (nSPS) is 10.9. The van der Waals surface area contributed by atoms with E-state index in [1.165, 1.54) is 22.7 Å². The van der Waals surface area contributed by atoms with Crippen molar-refractivity contribution >= 4 is 56.9 Å². The minimum Gasteiger partial charge on any atom is -0.360 e. The summed E-state index contributed by atoms with van der Waals surface area (Å²) in [4.78, 5) is 17.3. The molecule has 136 valence electrons. The Labute approximate surface area is 172 Å². The topological polar surface area (TPSA) is 68.0 Å². The van der Waals surface area contributed by atoms with Gasteiger partial charge in [-0.25, -0.2) is 4.98 Å². The second-order valence-electron chi connectivity index (χ2n) is 5.56. The number of rotatable bonds is 4. The van der Waals surface area contributed by atoms with Crippen LogP contribution in [0.15, 0.2) is 46.3 Å². The van der Waals surface area contributed by atoms with Crippen LogP contribution in [-0.4, -0.2) is 16.0 Å². The molecule has 0 fully saturated rings. The van der Waals surface area contributed by atoms with Gasteiger partial charge in [0.15, 0.2) is 5.13 Å². The summed E-state index contributed by atoms with van der Waals surface area (Å²) in [6.07, 6.45) is 0. The van der Waals surface area contributed by atoms with Gasteiger partial charge in [-0.15, -0.1) is 22.7 Å². The lowest BCUT2D eigenvalue weighted by Gasteiger charge is -2.03. The molecule has 0 aliphatic carbocycles. The molecular formula is C18H11Cl2N3O2S2. The predicted molar refractivity (Wildman–Crippen MR) is 110 cm³/mol. The first-order valence-corrected chi connectivity index (χ1v) is 10.2. The Hall–Kier alpha value is -2.19. The van der Waals surface area contributed by atoms with Gasteiger partial charge in [-0.05, 0) is 13.0 Å². The Bertz CT molecular complexity index is 1120. The van der Waals surface area contributed by atoms with Crippen molar-refractivity contribution in [3.05, 3.63) is 61.8 Å². The molecule has 27 heavy (non-hydrogen) atoms. The van der Waals surface area contributed by atoms with E-state index >= 15 is 0 Å². The zero-order chi connectivity index (χ0) is 19.0. The molecule has 0 unspecified atom stereocenters.